The first kappa shape index (κ1) is 12.3. The molecule has 0 spiro atoms. The lowest BCUT2D eigenvalue weighted by atomic mass is 10.00. The largest absolute Gasteiger partial charge is 0.305 e. The third-order valence-electron chi connectivity index (χ3n) is 3.50. The van der Waals surface area contributed by atoms with E-state index in [2.05, 4.69) is 50.4 Å². The average molecular weight is 243 g/mol. The fraction of sp³-hybridized carbons (Fsp3) is 0.400. The zero-order valence-corrected chi connectivity index (χ0v) is 12.1. The summed E-state index contributed by atoms with van der Waals surface area (Å²) in [6, 6.07) is 8.65. The van der Waals surface area contributed by atoms with Gasteiger partial charge >= 0.3 is 0 Å². The van der Waals surface area contributed by atoms with E-state index in [0.29, 0.717) is 5.54 Å². The van der Waals surface area contributed by atoms with E-state index < -0.39 is 8.80 Å². The molecule has 0 heterocycles. The van der Waals surface area contributed by atoms with Crippen LogP contribution in [-0.2, 0) is 0 Å². The van der Waals surface area contributed by atoms with Gasteiger partial charge in [0.25, 0.3) is 0 Å². The predicted molar refractivity (Wildman–Crippen MR) is 78.7 cm³/mol. The lowest BCUT2D eigenvalue weighted by Crippen LogP contribution is -2.11. The minimum atomic E-state index is -0.733. The van der Waals surface area contributed by atoms with Crippen LogP contribution in [-0.4, -0.2) is 14.5 Å². The van der Waals surface area contributed by atoms with E-state index >= 15 is 0 Å². The van der Waals surface area contributed by atoms with Crippen LogP contribution >= 0.6 is 0 Å². The van der Waals surface area contributed by atoms with Crippen LogP contribution in [0.4, 0.5) is 0 Å². The Labute approximate surface area is 106 Å². The van der Waals surface area contributed by atoms with Crippen molar-refractivity contribution in [2.24, 2.45) is 0 Å². The molecular formula is C15H21NSi. The van der Waals surface area contributed by atoms with Crippen molar-refractivity contribution in [1.82, 2.24) is 0 Å². The molecule has 0 aliphatic heterocycles. The van der Waals surface area contributed by atoms with Crippen molar-refractivity contribution in [3.8, 4) is 0 Å². The fourth-order valence-corrected chi connectivity index (χ4v) is 4.18. The maximum atomic E-state index is 8.19. The van der Waals surface area contributed by atoms with Crippen LogP contribution in [0.25, 0.3) is 5.57 Å². The van der Waals surface area contributed by atoms with Gasteiger partial charge in [0.15, 0.2) is 0 Å². The maximum Gasteiger partial charge on any atom is 0.0436 e. The molecular weight excluding hydrogens is 222 g/mol. The summed E-state index contributed by atoms with van der Waals surface area (Å²) < 4.78 is 0. The molecule has 0 fully saturated rings. The van der Waals surface area contributed by atoms with Crippen LogP contribution in [0, 0.1) is 5.41 Å². The molecule has 1 aliphatic carbocycles. The summed E-state index contributed by atoms with van der Waals surface area (Å²) in [5.41, 5.74) is 5.42. The molecule has 0 amide bonds. The highest BCUT2D eigenvalue weighted by atomic mass is 28.3. The van der Waals surface area contributed by atoms with Crippen LogP contribution in [0.5, 0.6) is 0 Å². The zero-order chi connectivity index (χ0) is 12.4. The topological polar surface area (TPSA) is 23.9 Å². The van der Waals surface area contributed by atoms with Gasteiger partial charge in [-0.25, -0.2) is 0 Å². The van der Waals surface area contributed by atoms with Crippen LogP contribution in [0.2, 0.25) is 13.1 Å². The predicted octanol–water partition coefficient (Wildman–Crippen LogP) is 4.01. The Balaban J connectivity index is 2.41. The molecule has 1 unspecified atom stereocenters. The Morgan fingerprint density at radius 2 is 2.00 bits per heavy atom. The van der Waals surface area contributed by atoms with Crippen LogP contribution in [0.3, 0.4) is 0 Å². The summed E-state index contributed by atoms with van der Waals surface area (Å²) in [4.78, 5) is 0. The van der Waals surface area contributed by atoms with Gasteiger partial charge in [-0.05, 0) is 28.7 Å². The Morgan fingerprint density at radius 1 is 1.29 bits per heavy atom. The summed E-state index contributed by atoms with van der Waals surface area (Å²) in [5.74, 6) is 0. The Bertz CT molecular complexity index is 460. The van der Waals surface area contributed by atoms with Gasteiger partial charge in [-0.3, -0.25) is 0 Å². The standard InChI is InChI=1S/C15H21NSi/c1-4-7-14(16)13-10-15(17(2)3)12-9-6-5-8-11(12)13/h5-6,8-10,15-17H,4,7H2,1-3H3. The second-order valence-electron chi connectivity index (χ2n) is 5.17. The monoisotopic (exact) mass is 243 g/mol. The molecule has 2 heteroatoms. The second kappa shape index (κ2) is 5.01. The first-order valence-electron chi connectivity index (χ1n) is 6.54. The SMILES string of the molecule is CCCC(=N)C1=CC([SiH](C)C)c2ccccc21. The van der Waals surface area contributed by atoms with Crippen molar-refractivity contribution in [2.45, 2.75) is 38.4 Å². The van der Waals surface area contributed by atoms with Crippen LogP contribution < -0.4 is 0 Å². The van der Waals surface area contributed by atoms with Gasteiger partial charge in [0.1, 0.15) is 0 Å². The van der Waals surface area contributed by atoms with E-state index in [1.165, 1.54) is 16.7 Å². The molecule has 17 heavy (non-hydrogen) atoms. The third kappa shape index (κ3) is 2.27. The number of hydrogen-bond donors (Lipinski definition) is 1. The van der Waals surface area contributed by atoms with E-state index in [4.69, 9.17) is 5.41 Å². The van der Waals surface area contributed by atoms with Gasteiger partial charge in [0, 0.05) is 14.5 Å². The van der Waals surface area contributed by atoms with Gasteiger partial charge in [-0.15, -0.1) is 0 Å². The Hall–Kier alpha value is -1.15. The highest BCUT2D eigenvalue weighted by molar-refractivity contribution is 6.59. The minimum Gasteiger partial charge on any atom is -0.305 e. The summed E-state index contributed by atoms with van der Waals surface area (Å²) in [7, 11) is -0.733. The summed E-state index contributed by atoms with van der Waals surface area (Å²) in [6.45, 7) is 6.93. The van der Waals surface area contributed by atoms with E-state index in [9.17, 15) is 0 Å². The highest BCUT2D eigenvalue weighted by Crippen LogP contribution is 2.38. The van der Waals surface area contributed by atoms with Gasteiger partial charge < -0.3 is 5.41 Å². The summed E-state index contributed by atoms with van der Waals surface area (Å²) in [6.07, 6.45) is 4.31. The highest BCUT2D eigenvalue weighted by Gasteiger charge is 2.26. The number of fused-ring (bicyclic) bond motifs is 1. The normalized spacial score (nSPS) is 18.1. The second-order valence-corrected chi connectivity index (χ2v) is 8.37. The third-order valence-corrected chi connectivity index (χ3v) is 5.49. The van der Waals surface area contributed by atoms with Crippen molar-refractivity contribution in [3.05, 3.63) is 41.5 Å². The van der Waals surface area contributed by atoms with Crippen molar-refractivity contribution >= 4 is 20.1 Å². The number of hydrogen-bond acceptors (Lipinski definition) is 1. The summed E-state index contributed by atoms with van der Waals surface area (Å²) >= 11 is 0. The molecule has 2 rings (SSSR count). The average Bonchev–Trinajstić information content (AvgIpc) is 2.69. The van der Waals surface area contributed by atoms with Gasteiger partial charge in [0.2, 0.25) is 0 Å². The van der Waals surface area contributed by atoms with E-state index in [1.807, 2.05) is 0 Å². The number of nitrogens with one attached hydrogen (secondary N) is 1. The smallest absolute Gasteiger partial charge is 0.0436 e. The molecule has 0 saturated heterocycles. The van der Waals surface area contributed by atoms with Crippen LogP contribution in [0.1, 0.15) is 36.4 Å². The minimum absolute atomic E-state index is 0.624. The van der Waals surface area contributed by atoms with Crippen molar-refractivity contribution in [3.63, 3.8) is 0 Å². The first-order chi connectivity index (χ1) is 8.15. The molecule has 1 atom stereocenters. The molecule has 0 bridgehead atoms. The Morgan fingerprint density at radius 3 is 2.65 bits per heavy atom. The van der Waals surface area contributed by atoms with E-state index in [-0.39, 0.29) is 0 Å². The number of benzene rings is 1. The van der Waals surface area contributed by atoms with Crippen molar-refractivity contribution in [2.75, 3.05) is 0 Å². The number of allylic oxidation sites excluding steroid dienone is 2. The molecule has 0 saturated carbocycles. The van der Waals surface area contributed by atoms with Crippen molar-refractivity contribution < 1.29 is 0 Å². The number of rotatable bonds is 4. The van der Waals surface area contributed by atoms with Gasteiger partial charge in [-0.2, -0.15) is 0 Å². The Kier molecular flexibility index (Phi) is 3.62. The lowest BCUT2D eigenvalue weighted by molar-refractivity contribution is 0.992. The van der Waals surface area contributed by atoms with E-state index in [0.717, 1.165) is 18.6 Å². The van der Waals surface area contributed by atoms with E-state index in [1.54, 1.807) is 0 Å². The zero-order valence-electron chi connectivity index (χ0n) is 11.0. The van der Waals surface area contributed by atoms with Gasteiger partial charge in [-0.1, -0.05) is 56.8 Å². The molecule has 90 valence electrons. The molecule has 1 aromatic rings. The molecule has 1 N–H and O–H groups in total. The summed E-state index contributed by atoms with van der Waals surface area (Å²) in [5, 5.41) is 8.19. The first-order valence-corrected chi connectivity index (χ1v) is 9.51. The van der Waals surface area contributed by atoms with Gasteiger partial charge in [0.05, 0.1) is 0 Å². The molecule has 1 aliphatic rings. The lowest BCUT2D eigenvalue weighted by Gasteiger charge is -2.12. The molecule has 0 aromatic heterocycles. The fourth-order valence-electron chi connectivity index (χ4n) is 2.59. The van der Waals surface area contributed by atoms with Crippen molar-refractivity contribution in [1.29, 1.82) is 5.41 Å². The molecule has 1 aromatic carbocycles. The maximum absolute atomic E-state index is 8.19. The van der Waals surface area contributed by atoms with Crippen LogP contribution in [0.15, 0.2) is 30.3 Å². The molecule has 1 nitrogen and oxygen atoms in total. The quantitative estimate of drug-likeness (QED) is 0.610. The molecule has 0 radical (unpaired) electrons.